The van der Waals surface area contributed by atoms with E-state index < -0.39 is 32.5 Å². The predicted molar refractivity (Wildman–Crippen MR) is 105 cm³/mol. The minimum Gasteiger partial charge on any atom is -0.858 e. The van der Waals surface area contributed by atoms with Crippen molar-refractivity contribution in [3.63, 3.8) is 0 Å². The Morgan fingerprint density at radius 1 is 1.09 bits per heavy atom. The minimum absolute atomic E-state index is 0.105. The zero-order chi connectivity index (χ0) is 17.4. The number of benzene rings is 2. The van der Waals surface area contributed by atoms with Gasteiger partial charge in [-0.05, 0) is 92.0 Å². The number of sulfonamides is 1. The quantitative estimate of drug-likeness (QED) is 0.218. The highest BCUT2D eigenvalue weighted by atomic mass is 127. The van der Waals surface area contributed by atoms with Gasteiger partial charge in [0.05, 0.1) is 0 Å². The van der Waals surface area contributed by atoms with Gasteiger partial charge in [-0.3, -0.25) is 0 Å². The van der Waals surface area contributed by atoms with Crippen LogP contribution < -0.4 is 5.11 Å². The molecule has 0 aliphatic heterocycles. The van der Waals surface area contributed by atoms with Crippen molar-refractivity contribution in [2.24, 2.45) is 4.40 Å². The molecule has 0 spiro atoms. The molecule has 0 heterocycles. The van der Waals surface area contributed by atoms with Gasteiger partial charge in [0.1, 0.15) is 16.5 Å². The van der Waals surface area contributed by atoms with Crippen molar-refractivity contribution in [2.75, 3.05) is 0 Å². The first-order valence-electron chi connectivity index (χ1n) is 5.74. The first-order valence-corrected chi connectivity index (χ1v) is 10.4. The van der Waals surface area contributed by atoms with Crippen molar-refractivity contribution in [1.82, 2.24) is 0 Å². The van der Waals surface area contributed by atoms with Gasteiger partial charge in [-0.2, -0.15) is 12.8 Å². The molecule has 10 heteroatoms. The molecule has 2 aromatic carbocycles. The monoisotopic (exact) mass is 674 g/mol. The Morgan fingerprint density at radius 3 is 2.35 bits per heavy atom. The summed E-state index contributed by atoms with van der Waals surface area (Å²) in [5.41, 5.74) is 0.105. The van der Waals surface area contributed by atoms with Crippen LogP contribution in [0.4, 0.5) is 8.78 Å². The third kappa shape index (κ3) is 4.50. The molecular weight excluding hydrogens is 669 g/mol. The molecule has 0 bridgehead atoms. The minimum atomic E-state index is -4.57. The molecule has 0 aliphatic rings. The first-order chi connectivity index (χ1) is 10.6. The molecule has 0 atom stereocenters. The van der Waals surface area contributed by atoms with Crippen molar-refractivity contribution < 1.29 is 22.3 Å². The van der Waals surface area contributed by atoms with E-state index in [9.17, 15) is 22.3 Å². The Morgan fingerprint density at radius 2 is 1.74 bits per heavy atom. The molecule has 0 unspecified atom stereocenters. The van der Waals surface area contributed by atoms with Crippen molar-refractivity contribution in [2.45, 2.75) is 4.90 Å². The lowest BCUT2D eigenvalue weighted by molar-refractivity contribution is -0.212. The summed E-state index contributed by atoms with van der Waals surface area (Å²) in [5.74, 6) is -3.22. The van der Waals surface area contributed by atoms with Crippen LogP contribution in [0.3, 0.4) is 0 Å². The number of hydrogen-bond donors (Lipinski definition) is 0. The lowest BCUT2D eigenvalue weighted by Gasteiger charge is -2.14. The standard InChI is InChI=1S/C13H6F2I3NO3S/c14-6-1-2-11(9(15)3-6)23(21,22)19-13(20)8-4-7(16)5-10(17)12(8)18/h1-5H,(H,19,20)/p-1. The molecule has 0 saturated carbocycles. The molecule has 0 aliphatic carbocycles. The van der Waals surface area contributed by atoms with Gasteiger partial charge in [0.2, 0.25) is 0 Å². The van der Waals surface area contributed by atoms with Gasteiger partial charge in [-0.25, -0.2) is 8.78 Å². The fraction of sp³-hybridized carbons (Fsp3) is 0. The number of hydrogen-bond acceptors (Lipinski definition) is 3. The summed E-state index contributed by atoms with van der Waals surface area (Å²) in [5, 5.41) is 12.2. The van der Waals surface area contributed by atoms with Gasteiger partial charge >= 0.3 is 0 Å². The third-order valence-electron chi connectivity index (χ3n) is 2.60. The molecule has 0 radical (unpaired) electrons. The van der Waals surface area contributed by atoms with E-state index in [1.54, 1.807) is 0 Å². The second-order valence-electron chi connectivity index (χ2n) is 4.20. The molecule has 4 nitrogen and oxygen atoms in total. The Balaban J connectivity index is 2.56. The first kappa shape index (κ1) is 19.2. The van der Waals surface area contributed by atoms with Crippen LogP contribution in [0.25, 0.3) is 0 Å². The molecule has 0 saturated heterocycles. The van der Waals surface area contributed by atoms with Crippen LogP contribution in [0.5, 0.6) is 0 Å². The molecule has 0 N–H and O–H groups in total. The largest absolute Gasteiger partial charge is 0.858 e. The van der Waals surface area contributed by atoms with E-state index in [4.69, 9.17) is 0 Å². The molecule has 122 valence electrons. The molecule has 0 amide bonds. The third-order valence-corrected chi connectivity index (χ3v) is 7.56. The van der Waals surface area contributed by atoms with Gasteiger partial charge in [0.25, 0.3) is 10.0 Å². The molecule has 2 rings (SSSR count). The predicted octanol–water partition coefficient (Wildman–Crippen LogP) is 3.27. The van der Waals surface area contributed by atoms with E-state index in [-0.39, 0.29) is 5.56 Å². The van der Waals surface area contributed by atoms with Crippen LogP contribution in [0, 0.1) is 22.3 Å². The average molecular weight is 674 g/mol. The molecule has 2 aromatic rings. The van der Waals surface area contributed by atoms with Crippen LogP contribution in [0.2, 0.25) is 0 Å². The van der Waals surface area contributed by atoms with Crippen LogP contribution in [-0.4, -0.2) is 14.3 Å². The summed E-state index contributed by atoms with van der Waals surface area (Å²) in [4.78, 5) is -0.845. The molecule has 0 fully saturated rings. The number of halogens is 5. The highest BCUT2D eigenvalue weighted by molar-refractivity contribution is 14.1. The number of nitrogens with zero attached hydrogens (tertiary/aromatic N) is 1. The van der Waals surface area contributed by atoms with Crippen LogP contribution >= 0.6 is 67.8 Å². The zero-order valence-electron chi connectivity index (χ0n) is 10.9. The smallest absolute Gasteiger partial charge is 0.284 e. The Labute approximate surface area is 171 Å². The van der Waals surface area contributed by atoms with E-state index in [1.165, 1.54) is 6.07 Å². The summed E-state index contributed by atoms with van der Waals surface area (Å²) in [6.07, 6.45) is 0. The van der Waals surface area contributed by atoms with Gasteiger partial charge in [0.15, 0.2) is 0 Å². The van der Waals surface area contributed by atoms with Crippen molar-refractivity contribution in [1.29, 1.82) is 0 Å². The van der Waals surface area contributed by atoms with Crippen LogP contribution in [-0.2, 0) is 10.0 Å². The topological polar surface area (TPSA) is 69.6 Å². The lowest BCUT2D eigenvalue weighted by atomic mass is 10.2. The van der Waals surface area contributed by atoms with Crippen molar-refractivity contribution in [3.8, 4) is 0 Å². The summed E-state index contributed by atoms with van der Waals surface area (Å²) in [6, 6.07) is 5.25. The summed E-state index contributed by atoms with van der Waals surface area (Å²) in [6.45, 7) is 0. The van der Waals surface area contributed by atoms with Gasteiger partial charge in [-0.15, -0.1) is 0 Å². The fourth-order valence-electron chi connectivity index (χ4n) is 1.60. The molecular formula is C13H5F2I3NO3S-. The van der Waals surface area contributed by atoms with E-state index in [1.807, 2.05) is 73.8 Å². The average Bonchev–Trinajstić information content (AvgIpc) is 2.41. The Kier molecular flexibility index (Phi) is 6.21. The maximum atomic E-state index is 13.6. The Bertz CT molecular complexity index is 917. The second kappa shape index (κ2) is 7.43. The zero-order valence-corrected chi connectivity index (χ0v) is 18.1. The van der Waals surface area contributed by atoms with Crippen LogP contribution in [0.15, 0.2) is 39.6 Å². The van der Waals surface area contributed by atoms with E-state index in [2.05, 4.69) is 4.40 Å². The van der Waals surface area contributed by atoms with Gasteiger partial charge in [0, 0.05) is 28.2 Å². The molecule has 0 aromatic heterocycles. The highest BCUT2D eigenvalue weighted by Gasteiger charge is 2.19. The second-order valence-corrected chi connectivity index (χ2v) is 9.25. The van der Waals surface area contributed by atoms with E-state index in [0.717, 1.165) is 19.3 Å². The summed E-state index contributed by atoms with van der Waals surface area (Å²) < 4.78 is 55.8. The summed E-state index contributed by atoms with van der Waals surface area (Å²) >= 11 is 5.90. The fourth-order valence-corrected chi connectivity index (χ4v) is 4.95. The van der Waals surface area contributed by atoms with E-state index in [0.29, 0.717) is 9.64 Å². The lowest BCUT2D eigenvalue weighted by Crippen LogP contribution is -2.23. The Hall–Kier alpha value is -0.0900. The summed E-state index contributed by atoms with van der Waals surface area (Å²) in [7, 11) is -4.57. The highest BCUT2D eigenvalue weighted by Crippen LogP contribution is 2.24. The van der Waals surface area contributed by atoms with Crippen LogP contribution in [0.1, 0.15) is 5.56 Å². The normalized spacial score (nSPS) is 12.5. The van der Waals surface area contributed by atoms with E-state index >= 15 is 0 Å². The molecule has 23 heavy (non-hydrogen) atoms. The SMILES string of the molecule is O=S(=O)(/N=C(\[O-])c1cc(I)cc(I)c1I)c1ccc(F)cc1F. The maximum absolute atomic E-state index is 13.6. The van der Waals surface area contributed by atoms with Gasteiger partial charge in [-0.1, -0.05) is 0 Å². The van der Waals surface area contributed by atoms with Crippen molar-refractivity contribution >= 4 is 83.7 Å². The van der Waals surface area contributed by atoms with Crippen molar-refractivity contribution in [3.05, 3.63) is 58.2 Å². The van der Waals surface area contributed by atoms with Gasteiger partial charge < -0.3 is 5.11 Å². The maximum Gasteiger partial charge on any atom is 0.284 e. The number of rotatable bonds is 3.